The minimum atomic E-state index is -0.867. The van der Waals surface area contributed by atoms with Gasteiger partial charge in [0.1, 0.15) is 0 Å². The maximum Gasteiger partial charge on any atom is 0.306 e. The third-order valence-electron chi connectivity index (χ3n) is 2.44. The predicted octanol–water partition coefficient (Wildman–Crippen LogP) is 1.35. The summed E-state index contributed by atoms with van der Waals surface area (Å²) < 4.78 is 0. The van der Waals surface area contributed by atoms with Crippen LogP contribution < -0.4 is 0 Å². The third-order valence-corrected chi connectivity index (χ3v) is 2.63. The van der Waals surface area contributed by atoms with Gasteiger partial charge in [-0.05, 0) is 22.4 Å². The summed E-state index contributed by atoms with van der Waals surface area (Å²) in [5.41, 5.74) is 0.803. The highest BCUT2D eigenvalue weighted by Crippen LogP contribution is 2.14. The number of non-ortho nitro benzene ring substituents is 1. The largest absolute Gasteiger partial charge is 0.481 e. The van der Waals surface area contributed by atoms with E-state index in [9.17, 15) is 14.9 Å². The molecule has 1 unspecified atom stereocenters. The van der Waals surface area contributed by atoms with Crippen molar-refractivity contribution in [3.05, 3.63) is 39.9 Å². The molecule has 0 bridgehead atoms. The van der Waals surface area contributed by atoms with E-state index >= 15 is 0 Å². The molecule has 10 heteroatoms. The second-order valence-corrected chi connectivity index (χ2v) is 4.52. The van der Waals surface area contributed by atoms with E-state index in [1.807, 2.05) is 0 Å². The molecule has 0 aliphatic heterocycles. The Morgan fingerprint density at radius 1 is 1.48 bits per heavy atom. The molecule has 1 atom stereocenters. The van der Waals surface area contributed by atoms with Gasteiger partial charge in [0.05, 0.1) is 10.8 Å². The van der Waals surface area contributed by atoms with Crippen molar-refractivity contribution in [3.63, 3.8) is 0 Å². The van der Waals surface area contributed by atoms with E-state index in [0.29, 0.717) is 11.6 Å². The molecule has 1 aromatic heterocycles. The second-order valence-electron chi connectivity index (χ2n) is 4.09. The number of aliphatic carboxylic acids is 1. The topological polar surface area (TPSA) is 135 Å². The fourth-order valence-electron chi connectivity index (χ4n) is 1.35. The van der Waals surface area contributed by atoms with Crippen LogP contribution in [-0.2, 0) is 11.2 Å². The van der Waals surface area contributed by atoms with Gasteiger partial charge in [-0.2, -0.15) is 0 Å². The molecule has 2 N–H and O–H groups in total. The van der Waals surface area contributed by atoms with Crippen LogP contribution in [0.15, 0.2) is 29.4 Å². The van der Waals surface area contributed by atoms with Crippen molar-refractivity contribution in [2.24, 2.45) is 5.92 Å². The Hall–Kier alpha value is -2.49. The predicted molar refractivity (Wildman–Crippen MR) is 75.0 cm³/mol. The second kappa shape index (κ2) is 7.94. The van der Waals surface area contributed by atoms with Crippen LogP contribution in [0.4, 0.5) is 5.69 Å². The maximum atomic E-state index is 10.6. The highest BCUT2D eigenvalue weighted by atomic mass is 32.1. The number of nitrogens with zero attached hydrogens (tertiary/aromatic N) is 4. The molecule has 0 spiro atoms. The molecule has 0 aliphatic carbocycles. The monoisotopic (exact) mass is 311 g/mol. The van der Waals surface area contributed by atoms with E-state index in [2.05, 4.69) is 33.3 Å². The van der Waals surface area contributed by atoms with Crippen molar-refractivity contribution in [1.29, 1.82) is 0 Å². The lowest BCUT2D eigenvalue weighted by Gasteiger charge is -2.05. The zero-order valence-corrected chi connectivity index (χ0v) is 11.9. The van der Waals surface area contributed by atoms with Gasteiger partial charge in [0, 0.05) is 12.1 Å². The van der Waals surface area contributed by atoms with E-state index in [1.54, 1.807) is 19.1 Å². The van der Waals surface area contributed by atoms with Crippen LogP contribution in [-0.4, -0.2) is 36.6 Å². The zero-order valence-electron chi connectivity index (χ0n) is 11.0. The molecular weight excluding hydrogens is 298 g/mol. The van der Waals surface area contributed by atoms with Crippen molar-refractivity contribution in [2.75, 3.05) is 0 Å². The van der Waals surface area contributed by atoms with E-state index in [-0.39, 0.29) is 5.69 Å². The Kier molecular flexibility index (Phi) is 6.27. The van der Waals surface area contributed by atoms with Crippen LogP contribution in [0.25, 0.3) is 0 Å². The summed E-state index contributed by atoms with van der Waals surface area (Å²) in [4.78, 5) is 20.4. The fourth-order valence-corrected chi connectivity index (χ4v) is 1.43. The number of aromatic amines is 1. The number of H-pyrrole nitrogens is 1. The smallest absolute Gasteiger partial charge is 0.306 e. The standard InChI is InChI=1S/C10H11NO4.CH2N4S/c1-7(10(12)13)6-8-2-4-9(5-3-8)11(14)15;6-1-2-4-5-3-1/h2-5,7H,6H2,1H3,(H,12,13);(H2,2,3,4,5,6). The highest BCUT2D eigenvalue weighted by molar-refractivity contribution is 7.80. The summed E-state index contributed by atoms with van der Waals surface area (Å²) in [5.74, 6) is -1.35. The minimum Gasteiger partial charge on any atom is -0.481 e. The number of hydrogen-bond donors (Lipinski definition) is 3. The Bertz CT molecular complexity index is 587. The number of tetrazole rings is 1. The molecule has 2 rings (SSSR count). The molecule has 0 fully saturated rings. The van der Waals surface area contributed by atoms with Crippen LogP contribution in [0.1, 0.15) is 12.5 Å². The molecule has 0 radical (unpaired) electrons. The number of nitro benzene ring substituents is 1. The van der Waals surface area contributed by atoms with Crippen molar-refractivity contribution in [1.82, 2.24) is 20.6 Å². The van der Waals surface area contributed by atoms with Crippen LogP contribution in [0.5, 0.6) is 0 Å². The number of hydrogen-bond acceptors (Lipinski definition) is 7. The average molecular weight is 311 g/mol. The first-order valence-electron chi connectivity index (χ1n) is 5.79. The number of carbonyl (C=O) groups is 1. The molecule has 0 saturated carbocycles. The number of aromatic nitrogens is 4. The van der Waals surface area contributed by atoms with Gasteiger partial charge < -0.3 is 5.11 Å². The number of carboxylic acids is 1. The molecule has 0 aliphatic rings. The first kappa shape index (κ1) is 16.6. The lowest BCUT2D eigenvalue weighted by molar-refractivity contribution is -0.384. The van der Waals surface area contributed by atoms with Crippen molar-refractivity contribution in [2.45, 2.75) is 18.5 Å². The fraction of sp³-hybridized carbons (Fsp3) is 0.273. The van der Waals surface area contributed by atoms with Gasteiger partial charge in [0.15, 0.2) is 0 Å². The SMILES string of the molecule is CC(Cc1ccc([N+](=O)[O-])cc1)C(=O)O.Sc1nnn[nH]1. The van der Waals surface area contributed by atoms with E-state index in [0.717, 1.165) is 5.56 Å². The zero-order chi connectivity index (χ0) is 15.8. The highest BCUT2D eigenvalue weighted by Gasteiger charge is 2.12. The van der Waals surface area contributed by atoms with Crippen LogP contribution in [0, 0.1) is 16.0 Å². The lowest BCUT2D eigenvalue weighted by atomic mass is 10.0. The summed E-state index contributed by atoms with van der Waals surface area (Å²) in [7, 11) is 0. The Morgan fingerprint density at radius 3 is 2.43 bits per heavy atom. The number of thiol groups is 1. The number of benzene rings is 1. The van der Waals surface area contributed by atoms with Crippen LogP contribution in [0.2, 0.25) is 0 Å². The third kappa shape index (κ3) is 5.99. The number of nitrogens with one attached hydrogen (secondary N) is 1. The molecule has 112 valence electrons. The van der Waals surface area contributed by atoms with Gasteiger partial charge in [-0.15, -0.1) is 17.7 Å². The molecule has 1 aromatic carbocycles. The Balaban J connectivity index is 0.000000304. The summed E-state index contributed by atoms with van der Waals surface area (Å²) >= 11 is 3.74. The van der Waals surface area contributed by atoms with Crippen molar-refractivity contribution < 1.29 is 14.8 Å². The average Bonchev–Trinajstić information content (AvgIpc) is 2.91. The minimum absolute atomic E-state index is 0.0155. The van der Waals surface area contributed by atoms with E-state index in [4.69, 9.17) is 5.11 Å². The number of carboxylic acid groups (broad SMARTS) is 1. The number of nitro groups is 1. The molecule has 0 saturated heterocycles. The maximum absolute atomic E-state index is 10.6. The Morgan fingerprint density at radius 2 is 2.10 bits per heavy atom. The molecule has 0 amide bonds. The van der Waals surface area contributed by atoms with Crippen LogP contribution >= 0.6 is 12.6 Å². The normalized spacial score (nSPS) is 11.1. The van der Waals surface area contributed by atoms with Gasteiger partial charge >= 0.3 is 5.97 Å². The molecule has 21 heavy (non-hydrogen) atoms. The lowest BCUT2D eigenvalue weighted by Crippen LogP contribution is -2.12. The molecule has 2 aromatic rings. The van der Waals surface area contributed by atoms with Crippen LogP contribution in [0.3, 0.4) is 0 Å². The summed E-state index contributed by atoms with van der Waals surface area (Å²) in [6.07, 6.45) is 0.382. The summed E-state index contributed by atoms with van der Waals surface area (Å²) in [6.45, 7) is 1.60. The molecule has 1 heterocycles. The first-order valence-corrected chi connectivity index (χ1v) is 6.23. The van der Waals surface area contributed by atoms with Crippen molar-refractivity contribution in [3.8, 4) is 0 Å². The first-order chi connectivity index (χ1) is 9.90. The quantitative estimate of drug-likeness (QED) is 0.440. The summed E-state index contributed by atoms with van der Waals surface area (Å²) in [5, 5.41) is 31.7. The van der Waals surface area contributed by atoms with Gasteiger partial charge in [-0.1, -0.05) is 19.1 Å². The van der Waals surface area contributed by atoms with Gasteiger partial charge in [0.25, 0.3) is 5.69 Å². The van der Waals surface area contributed by atoms with E-state index in [1.165, 1.54) is 12.1 Å². The summed E-state index contributed by atoms with van der Waals surface area (Å²) in [6, 6.07) is 5.92. The van der Waals surface area contributed by atoms with E-state index < -0.39 is 16.8 Å². The van der Waals surface area contributed by atoms with Crippen molar-refractivity contribution >= 4 is 24.3 Å². The van der Waals surface area contributed by atoms with Gasteiger partial charge in [-0.3, -0.25) is 14.9 Å². The molecular formula is C11H13N5O4S. The number of rotatable bonds is 4. The van der Waals surface area contributed by atoms with Gasteiger partial charge in [0.2, 0.25) is 5.16 Å². The molecule has 9 nitrogen and oxygen atoms in total. The van der Waals surface area contributed by atoms with Gasteiger partial charge in [-0.25, -0.2) is 5.10 Å². The Labute approximate surface area is 124 Å².